The van der Waals surface area contributed by atoms with Gasteiger partial charge < -0.3 is 10.2 Å². The number of nitrogens with one attached hydrogen (secondary N) is 1. The highest BCUT2D eigenvalue weighted by Gasteiger charge is 2.22. The monoisotopic (exact) mass is 272 g/mol. The summed E-state index contributed by atoms with van der Waals surface area (Å²) in [6, 6.07) is 0.409. The van der Waals surface area contributed by atoms with E-state index in [4.69, 9.17) is 0 Å². The van der Waals surface area contributed by atoms with Gasteiger partial charge in [-0.25, -0.2) is 0 Å². The number of likely N-dealkylation sites (tertiary alicyclic amines) is 1. The molecule has 0 saturated carbocycles. The summed E-state index contributed by atoms with van der Waals surface area (Å²) in [5.74, 6) is 1.78. The van der Waals surface area contributed by atoms with Crippen LogP contribution in [-0.4, -0.2) is 47.4 Å². The molecule has 0 spiro atoms. The highest BCUT2D eigenvalue weighted by Crippen LogP contribution is 2.17. The Labute approximate surface area is 114 Å². The Hall–Kier alpha value is -0.710. The number of carbonyl (C=O) groups is 2. The lowest BCUT2D eigenvalue weighted by Crippen LogP contribution is -2.43. The maximum atomic E-state index is 12.0. The Morgan fingerprint density at radius 2 is 2.17 bits per heavy atom. The number of hydrogen-bond donors (Lipinski definition) is 1. The molecule has 0 aromatic rings. The Balaban J connectivity index is 2.07. The average Bonchev–Trinajstić information content (AvgIpc) is 2.33. The van der Waals surface area contributed by atoms with Crippen LogP contribution in [0.2, 0.25) is 0 Å². The summed E-state index contributed by atoms with van der Waals surface area (Å²) in [5, 5.41) is 2.76. The lowest BCUT2D eigenvalue weighted by atomic mass is 10.0. The second-order valence-electron chi connectivity index (χ2n) is 4.82. The van der Waals surface area contributed by atoms with Crippen LogP contribution in [0, 0.1) is 0 Å². The molecular weight excluding hydrogens is 248 g/mol. The molecule has 0 unspecified atom stereocenters. The second kappa shape index (κ2) is 8.40. The molecule has 2 amide bonds. The van der Waals surface area contributed by atoms with Gasteiger partial charge in [-0.3, -0.25) is 9.59 Å². The van der Waals surface area contributed by atoms with Crippen molar-refractivity contribution in [3.05, 3.63) is 0 Å². The van der Waals surface area contributed by atoms with Gasteiger partial charge in [0.25, 0.3) is 0 Å². The minimum absolute atomic E-state index is 0.0122. The number of nitrogens with zero attached hydrogens (tertiary/aromatic N) is 1. The predicted octanol–water partition coefficient (Wildman–Crippen LogP) is 1.65. The van der Waals surface area contributed by atoms with Gasteiger partial charge in [0.2, 0.25) is 11.8 Å². The summed E-state index contributed by atoms with van der Waals surface area (Å²) in [6.07, 6.45) is 4.45. The van der Waals surface area contributed by atoms with E-state index in [-0.39, 0.29) is 11.8 Å². The lowest BCUT2D eigenvalue weighted by Gasteiger charge is -2.33. The standard InChI is InChI=1S/C13H24N2O2S/c1-11-6-3-4-8-15(11)13(17)10-18-9-5-7-14-12(2)16/h11H,3-10H2,1-2H3,(H,14,16)/t11-/m0/s1. The van der Waals surface area contributed by atoms with Crippen molar-refractivity contribution in [2.45, 2.75) is 45.6 Å². The molecule has 0 aliphatic carbocycles. The van der Waals surface area contributed by atoms with Crippen molar-refractivity contribution in [2.24, 2.45) is 0 Å². The lowest BCUT2D eigenvalue weighted by molar-refractivity contribution is -0.131. The predicted molar refractivity (Wildman–Crippen MR) is 75.7 cm³/mol. The van der Waals surface area contributed by atoms with Gasteiger partial charge in [-0.1, -0.05) is 0 Å². The van der Waals surface area contributed by atoms with E-state index in [1.165, 1.54) is 13.3 Å². The number of piperidine rings is 1. The fourth-order valence-electron chi connectivity index (χ4n) is 2.15. The fourth-order valence-corrected chi connectivity index (χ4v) is 2.98. The van der Waals surface area contributed by atoms with Gasteiger partial charge in [0.05, 0.1) is 5.75 Å². The molecule has 1 aliphatic heterocycles. The van der Waals surface area contributed by atoms with Crippen molar-refractivity contribution in [2.75, 3.05) is 24.6 Å². The Kier molecular flexibility index (Phi) is 7.16. The smallest absolute Gasteiger partial charge is 0.232 e. The molecule has 1 rings (SSSR count). The first kappa shape index (κ1) is 15.3. The Morgan fingerprint density at radius 1 is 1.39 bits per heavy atom. The van der Waals surface area contributed by atoms with E-state index in [0.29, 0.717) is 18.3 Å². The van der Waals surface area contributed by atoms with E-state index in [0.717, 1.165) is 31.6 Å². The van der Waals surface area contributed by atoms with Crippen LogP contribution in [0.3, 0.4) is 0 Å². The van der Waals surface area contributed by atoms with Gasteiger partial charge in [-0.05, 0) is 38.4 Å². The van der Waals surface area contributed by atoms with Crippen LogP contribution >= 0.6 is 11.8 Å². The van der Waals surface area contributed by atoms with E-state index < -0.39 is 0 Å². The van der Waals surface area contributed by atoms with Crippen molar-refractivity contribution in [1.29, 1.82) is 0 Å². The van der Waals surface area contributed by atoms with Crippen LogP contribution < -0.4 is 5.32 Å². The maximum absolute atomic E-state index is 12.0. The van der Waals surface area contributed by atoms with E-state index in [1.807, 2.05) is 4.90 Å². The quantitative estimate of drug-likeness (QED) is 0.748. The van der Waals surface area contributed by atoms with E-state index >= 15 is 0 Å². The number of hydrogen-bond acceptors (Lipinski definition) is 3. The van der Waals surface area contributed by atoms with Crippen LogP contribution in [0.5, 0.6) is 0 Å². The van der Waals surface area contributed by atoms with Crippen LogP contribution in [0.4, 0.5) is 0 Å². The fraction of sp³-hybridized carbons (Fsp3) is 0.846. The van der Waals surface area contributed by atoms with Crippen LogP contribution in [0.15, 0.2) is 0 Å². The summed E-state index contributed by atoms with van der Waals surface area (Å²) >= 11 is 1.67. The highest BCUT2D eigenvalue weighted by molar-refractivity contribution is 7.99. The summed E-state index contributed by atoms with van der Waals surface area (Å²) in [5.41, 5.74) is 0. The molecule has 1 N–H and O–H groups in total. The minimum Gasteiger partial charge on any atom is -0.356 e. The highest BCUT2D eigenvalue weighted by atomic mass is 32.2. The van der Waals surface area contributed by atoms with Crippen LogP contribution in [0.25, 0.3) is 0 Å². The summed E-state index contributed by atoms with van der Waals surface area (Å²) in [7, 11) is 0. The van der Waals surface area contributed by atoms with E-state index in [9.17, 15) is 9.59 Å². The van der Waals surface area contributed by atoms with Gasteiger partial charge in [0.1, 0.15) is 0 Å². The summed E-state index contributed by atoms with van der Waals surface area (Å²) in [6.45, 7) is 5.29. The molecule has 1 aliphatic rings. The molecule has 5 heteroatoms. The summed E-state index contributed by atoms with van der Waals surface area (Å²) in [4.78, 5) is 24.7. The summed E-state index contributed by atoms with van der Waals surface area (Å²) < 4.78 is 0. The first-order valence-corrected chi connectivity index (χ1v) is 7.88. The zero-order valence-electron chi connectivity index (χ0n) is 11.4. The molecule has 1 atom stereocenters. The SMILES string of the molecule is CC(=O)NCCCSCC(=O)N1CCCC[C@@H]1C. The number of thioether (sulfide) groups is 1. The van der Waals surface area contributed by atoms with E-state index in [1.54, 1.807) is 11.8 Å². The second-order valence-corrected chi connectivity index (χ2v) is 5.93. The zero-order valence-corrected chi connectivity index (χ0v) is 12.2. The number of rotatable bonds is 6. The van der Waals surface area contributed by atoms with Gasteiger partial charge in [0, 0.05) is 26.1 Å². The third kappa shape index (κ3) is 5.76. The molecular formula is C13H24N2O2S. The molecule has 1 fully saturated rings. The van der Waals surface area contributed by atoms with Gasteiger partial charge in [-0.15, -0.1) is 0 Å². The molecule has 4 nitrogen and oxygen atoms in total. The van der Waals surface area contributed by atoms with Gasteiger partial charge in [0.15, 0.2) is 0 Å². The third-order valence-corrected chi connectivity index (χ3v) is 4.22. The maximum Gasteiger partial charge on any atom is 0.232 e. The first-order chi connectivity index (χ1) is 8.61. The molecule has 1 heterocycles. The average molecular weight is 272 g/mol. The molecule has 1 saturated heterocycles. The molecule has 0 bridgehead atoms. The third-order valence-electron chi connectivity index (χ3n) is 3.19. The van der Waals surface area contributed by atoms with Gasteiger partial charge in [-0.2, -0.15) is 11.8 Å². The largest absolute Gasteiger partial charge is 0.356 e. The minimum atomic E-state index is 0.0122. The molecule has 0 aromatic heterocycles. The topological polar surface area (TPSA) is 49.4 Å². The molecule has 104 valence electrons. The van der Waals surface area contributed by atoms with Crippen molar-refractivity contribution < 1.29 is 9.59 Å². The van der Waals surface area contributed by atoms with Crippen molar-refractivity contribution in [3.63, 3.8) is 0 Å². The van der Waals surface area contributed by atoms with E-state index in [2.05, 4.69) is 12.2 Å². The Morgan fingerprint density at radius 3 is 2.83 bits per heavy atom. The first-order valence-electron chi connectivity index (χ1n) is 6.73. The van der Waals surface area contributed by atoms with Gasteiger partial charge >= 0.3 is 0 Å². The van der Waals surface area contributed by atoms with Crippen molar-refractivity contribution >= 4 is 23.6 Å². The van der Waals surface area contributed by atoms with Crippen LogP contribution in [-0.2, 0) is 9.59 Å². The van der Waals surface area contributed by atoms with Crippen LogP contribution in [0.1, 0.15) is 39.5 Å². The zero-order chi connectivity index (χ0) is 13.4. The van der Waals surface area contributed by atoms with Crippen molar-refractivity contribution in [1.82, 2.24) is 10.2 Å². The number of carbonyl (C=O) groups excluding carboxylic acids is 2. The Bertz CT molecular complexity index is 284. The molecule has 0 aromatic carbocycles. The molecule has 18 heavy (non-hydrogen) atoms. The normalized spacial score (nSPS) is 19.7. The molecule has 0 radical (unpaired) electrons. The number of amides is 2. The van der Waals surface area contributed by atoms with Crippen molar-refractivity contribution in [3.8, 4) is 0 Å².